The van der Waals surface area contributed by atoms with E-state index in [1.165, 1.54) is 0 Å². The van der Waals surface area contributed by atoms with Gasteiger partial charge in [-0.05, 0) is 43.7 Å². The van der Waals surface area contributed by atoms with Crippen LogP contribution in [0.2, 0.25) is 0 Å². The molecule has 1 unspecified atom stereocenters. The van der Waals surface area contributed by atoms with Crippen molar-refractivity contribution in [2.45, 2.75) is 26.3 Å². The average Bonchev–Trinajstić information content (AvgIpc) is 2.48. The zero-order valence-corrected chi connectivity index (χ0v) is 12.3. The van der Waals surface area contributed by atoms with Gasteiger partial charge in [0.25, 0.3) is 0 Å². The maximum absolute atomic E-state index is 5.64. The average molecular weight is 271 g/mol. The monoisotopic (exact) mass is 271 g/mol. The first-order valence-corrected chi connectivity index (χ1v) is 6.92. The normalized spacial score (nSPS) is 12.2. The van der Waals surface area contributed by atoms with Gasteiger partial charge in [-0.3, -0.25) is 9.97 Å². The van der Waals surface area contributed by atoms with E-state index < -0.39 is 0 Å². The van der Waals surface area contributed by atoms with Crippen LogP contribution in [0.5, 0.6) is 5.75 Å². The summed E-state index contributed by atoms with van der Waals surface area (Å²) in [5.74, 6) is 0.810. The van der Waals surface area contributed by atoms with E-state index in [1.807, 2.05) is 38.5 Å². The Balaban J connectivity index is 2.24. The van der Waals surface area contributed by atoms with Crippen LogP contribution in [0.3, 0.4) is 0 Å². The molecule has 1 atom stereocenters. The molecule has 2 aromatic heterocycles. The molecule has 2 aromatic rings. The fourth-order valence-corrected chi connectivity index (χ4v) is 2.07. The molecule has 0 saturated heterocycles. The summed E-state index contributed by atoms with van der Waals surface area (Å²) in [4.78, 5) is 8.62. The molecule has 0 bridgehead atoms. The molecule has 2 heterocycles. The zero-order valence-electron chi connectivity index (χ0n) is 12.3. The van der Waals surface area contributed by atoms with Crippen molar-refractivity contribution in [3.63, 3.8) is 0 Å². The first kappa shape index (κ1) is 14.5. The van der Waals surface area contributed by atoms with Crippen molar-refractivity contribution in [2.75, 3.05) is 13.7 Å². The lowest BCUT2D eigenvalue weighted by molar-refractivity contribution is 0.315. The molecule has 0 aliphatic rings. The molecule has 0 aromatic carbocycles. The van der Waals surface area contributed by atoms with Crippen molar-refractivity contribution in [3.8, 4) is 5.75 Å². The van der Waals surface area contributed by atoms with E-state index in [4.69, 9.17) is 4.74 Å². The zero-order chi connectivity index (χ0) is 14.4. The maximum Gasteiger partial charge on any atom is 0.137 e. The van der Waals surface area contributed by atoms with E-state index in [1.54, 1.807) is 6.20 Å². The Morgan fingerprint density at radius 1 is 1.20 bits per heavy atom. The summed E-state index contributed by atoms with van der Waals surface area (Å²) in [5.41, 5.74) is 3.21. The summed E-state index contributed by atoms with van der Waals surface area (Å²) >= 11 is 0. The summed E-state index contributed by atoms with van der Waals surface area (Å²) in [6.45, 7) is 4.78. The van der Waals surface area contributed by atoms with Crippen LogP contribution in [0.15, 0.2) is 36.8 Å². The molecule has 4 heteroatoms. The number of nitrogens with one attached hydrogen (secondary N) is 1. The quantitative estimate of drug-likeness (QED) is 0.877. The molecule has 0 spiro atoms. The minimum atomic E-state index is 0.0702. The van der Waals surface area contributed by atoms with Gasteiger partial charge in [0, 0.05) is 18.1 Å². The molecule has 2 rings (SSSR count). The smallest absolute Gasteiger partial charge is 0.137 e. The van der Waals surface area contributed by atoms with E-state index in [0.29, 0.717) is 6.61 Å². The van der Waals surface area contributed by atoms with Gasteiger partial charge in [0.1, 0.15) is 5.75 Å². The number of aryl methyl sites for hydroxylation is 1. The predicted octanol–water partition coefficient (Wildman–Crippen LogP) is 2.88. The van der Waals surface area contributed by atoms with Gasteiger partial charge in [-0.25, -0.2) is 0 Å². The highest BCUT2D eigenvalue weighted by molar-refractivity contribution is 5.33. The maximum atomic E-state index is 5.64. The van der Waals surface area contributed by atoms with E-state index in [0.717, 1.165) is 29.0 Å². The largest absolute Gasteiger partial charge is 0.492 e. The second-order valence-corrected chi connectivity index (χ2v) is 4.76. The van der Waals surface area contributed by atoms with Crippen LogP contribution in [0.25, 0.3) is 0 Å². The molecule has 20 heavy (non-hydrogen) atoms. The molecule has 0 saturated carbocycles. The molecule has 0 radical (unpaired) electrons. The highest BCUT2D eigenvalue weighted by atomic mass is 16.5. The van der Waals surface area contributed by atoms with Gasteiger partial charge >= 0.3 is 0 Å². The van der Waals surface area contributed by atoms with Crippen LogP contribution in [-0.2, 0) is 0 Å². The van der Waals surface area contributed by atoms with Crippen LogP contribution < -0.4 is 10.1 Å². The van der Waals surface area contributed by atoms with Crippen LogP contribution in [0.4, 0.5) is 0 Å². The molecular weight excluding hydrogens is 250 g/mol. The number of hydrogen-bond donors (Lipinski definition) is 1. The Labute approximate surface area is 120 Å². The number of pyridine rings is 2. The van der Waals surface area contributed by atoms with E-state index in [-0.39, 0.29) is 6.04 Å². The standard InChI is InChI=1S/C16H21N3O/c1-4-7-20-15-8-14(9-18-11-15)16(17-3)13-6-5-12(2)19-10-13/h5-6,8-11,16-17H,4,7H2,1-3H3. The summed E-state index contributed by atoms with van der Waals surface area (Å²) < 4.78 is 5.64. The first-order chi connectivity index (χ1) is 9.74. The van der Waals surface area contributed by atoms with Crippen molar-refractivity contribution in [1.82, 2.24) is 15.3 Å². The van der Waals surface area contributed by atoms with E-state index >= 15 is 0 Å². The highest BCUT2D eigenvalue weighted by Gasteiger charge is 2.13. The molecule has 1 N–H and O–H groups in total. The third kappa shape index (κ3) is 3.54. The van der Waals surface area contributed by atoms with Crippen molar-refractivity contribution in [3.05, 3.63) is 53.6 Å². The third-order valence-corrected chi connectivity index (χ3v) is 3.10. The van der Waals surface area contributed by atoms with Crippen molar-refractivity contribution < 1.29 is 4.74 Å². The fraction of sp³-hybridized carbons (Fsp3) is 0.375. The molecular formula is C16H21N3O. The number of rotatable bonds is 6. The molecule has 0 amide bonds. The van der Waals surface area contributed by atoms with Gasteiger partial charge in [-0.2, -0.15) is 0 Å². The Bertz CT molecular complexity index is 540. The lowest BCUT2D eigenvalue weighted by Crippen LogP contribution is -2.18. The van der Waals surface area contributed by atoms with Crippen LogP contribution >= 0.6 is 0 Å². The summed E-state index contributed by atoms with van der Waals surface area (Å²) in [7, 11) is 1.93. The van der Waals surface area contributed by atoms with Gasteiger partial charge in [0.2, 0.25) is 0 Å². The Morgan fingerprint density at radius 2 is 2.05 bits per heavy atom. The molecule has 0 fully saturated rings. The minimum absolute atomic E-state index is 0.0702. The van der Waals surface area contributed by atoms with E-state index in [9.17, 15) is 0 Å². The second kappa shape index (κ2) is 7.01. The fourth-order valence-electron chi connectivity index (χ4n) is 2.07. The number of aromatic nitrogens is 2. The van der Waals surface area contributed by atoms with Crippen molar-refractivity contribution in [1.29, 1.82) is 0 Å². The Kier molecular flexibility index (Phi) is 5.07. The van der Waals surface area contributed by atoms with Gasteiger partial charge in [0.15, 0.2) is 0 Å². The van der Waals surface area contributed by atoms with Crippen molar-refractivity contribution >= 4 is 0 Å². The molecule has 0 aliphatic carbocycles. The third-order valence-electron chi connectivity index (χ3n) is 3.10. The summed E-state index contributed by atoms with van der Waals surface area (Å²) in [6, 6.07) is 6.21. The lowest BCUT2D eigenvalue weighted by Gasteiger charge is -2.17. The Morgan fingerprint density at radius 3 is 2.70 bits per heavy atom. The van der Waals surface area contributed by atoms with Gasteiger partial charge in [-0.15, -0.1) is 0 Å². The van der Waals surface area contributed by atoms with Crippen LogP contribution in [0.1, 0.15) is 36.2 Å². The van der Waals surface area contributed by atoms with Gasteiger partial charge < -0.3 is 10.1 Å². The van der Waals surface area contributed by atoms with E-state index in [2.05, 4.69) is 28.3 Å². The van der Waals surface area contributed by atoms with Crippen LogP contribution in [0, 0.1) is 6.92 Å². The predicted molar refractivity (Wildman–Crippen MR) is 79.9 cm³/mol. The van der Waals surface area contributed by atoms with Gasteiger partial charge in [-0.1, -0.05) is 13.0 Å². The topological polar surface area (TPSA) is 47.0 Å². The summed E-state index contributed by atoms with van der Waals surface area (Å²) in [5, 5.41) is 3.30. The SMILES string of the molecule is CCCOc1cncc(C(NC)c2ccc(C)nc2)c1. The van der Waals surface area contributed by atoms with Gasteiger partial charge in [0.05, 0.1) is 18.8 Å². The number of hydrogen-bond acceptors (Lipinski definition) is 4. The highest BCUT2D eigenvalue weighted by Crippen LogP contribution is 2.23. The van der Waals surface area contributed by atoms with Crippen molar-refractivity contribution in [2.24, 2.45) is 0 Å². The molecule has 4 nitrogen and oxygen atoms in total. The summed E-state index contributed by atoms with van der Waals surface area (Å²) in [6.07, 6.45) is 6.50. The molecule has 0 aliphatic heterocycles. The number of ether oxygens (including phenoxy) is 1. The Hall–Kier alpha value is -1.94. The minimum Gasteiger partial charge on any atom is -0.492 e. The number of nitrogens with zero attached hydrogens (tertiary/aromatic N) is 2. The first-order valence-electron chi connectivity index (χ1n) is 6.92. The van der Waals surface area contributed by atoms with Crippen LogP contribution in [-0.4, -0.2) is 23.6 Å². The molecule has 106 valence electrons. The second-order valence-electron chi connectivity index (χ2n) is 4.76. The lowest BCUT2D eigenvalue weighted by atomic mass is 10.0.